The van der Waals surface area contributed by atoms with Crippen LogP contribution in [0, 0.1) is 0 Å². The lowest BCUT2D eigenvalue weighted by atomic mass is 9.76. The molecule has 0 fully saturated rings. The van der Waals surface area contributed by atoms with E-state index in [4.69, 9.17) is 5.73 Å². The van der Waals surface area contributed by atoms with Gasteiger partial charge < -0.3 is 5.73 Å². The van der Waals surface area contributed by atoms with Crippen LogP contribution in [0.25, 0.3) is 33.4 Å². The van der Waals surface area contributed by atoms with Crippen molar-refractivity contribution in [2.24, 2.45) is 0 Å². The molecule has 1 aliphatic carbocycles. The Labute approximate surface area is 166 Å². The predicted molar refractivity (Wildman–Crippen MR) is 119 cm³/mol. The molecule has 1 aliphatic rings. The molecular weight excluding hydrogens is 338 g/mol. The van der Waals surface area contributed by atoms with E-state index in [0.29, 0.717) is 0 Å². The van der Waals surface area contributed by atoms with Crippen LogP contribution in [0.1, 0.15) is 25.0 Å². The number of hydrogen-bond acceptors (Lipinski definition) is 1. The summed E-state index contributed by atoms with van der Waals surface area (Å²) in [6.45, 7) is 4.64. The van der Waals surface area contributed by atoms with E-state index >= 15 is 0 Å². The minimum Gasteiger partial charge on any atom is -0.399 e. The second-order valence-corrected chi connectivity index (χ2v) is 8.07. The molecule has 0 radical (unpaired) electrons. The molecule has 5 rings (SSSR count). The number of hydrogen-bond donors (Lipinski definition) is 1. The maximum Gasteiger partial charge on any atom is 0.0317 e. The van der Waals surface area contributed by atoms with Crippen molar-refractivity contribution in [2.75, 3.05) is 5.73 Å². The third kappa shape index (κ3) is 2.40. The van der Waals surface area contributed by atoms with E-state index in [2.05, 4.69) is 98.8 Å². The summed E-state index contributed by atoms with van der Waals surface area (Å²) >= 11 is 0. The smallest absolute Gasteiger partial charge is 0.0317 e. The van der Waals surface area contributed by atoms with Gasteiger partial charge in [-0.2, -0.15) is 0 Å². The van der Waals surface area contributed by atoms with Crippen molar-refractivity contribution in [3.63, 3.8) is 0 Å². The Hall–Kier alpha value is -3.32. The average molecular weight is 361 g/mol. The summed E-state index contributed by atoms with van der Waals surface area (Å²) in [6, 6.07) is 32.3. The molecule has 0 atom stereocenters. The van der Waals surface area contributed by atoms with Gasteiger partial charge in [0.1, 0.15) is 0 Å². The summed E-state index contributed by atoms with van der Waals surface area (Å²) in [5.74, 6) is 0. The molecule has 28 heavy (non-hydrogen) atoms. The van der Waals surface area contributed by atoms with Crippen LogP contribution in [0.15, 0.2) is 91.0 Å². The van der Waals surface area contributed by atoms with Gasteiger partial charge in [0.2, 0.25) is 0 Å². The van der Waals surface area contributed by atoms with Crippen LogP contribution in [-0.2, 0) is 5.41 Å². The monoisotopic (exact) mass is 361 g/mol. The van der Waals surface area contributed by atoms with Crippen molar-refractivity contribution >= 4 is 5.69 Å². The Morgan fingerprint density at radius 1 is 0.607 bits per heavy atom. The SMILES string of the molecule is CC1(C)c2cc(N)ccc2-c2ccc(-c3ccccc3)c(-c3ccccc3)c21. The lowest BCUT2D eigenvalue weighted by Gasteiger charge is -2.26. The third-order valence-corrected chi connectivity index (χ3v) is 5.98. The Kier molecular flexibility index (Phi) is 3.67. The van der Waals surface area contributed by atoms with E-state index in [1.807, 2.05) is 6.07 Å². The molecular formula is C27H23N. The third-order valence-electron chi connectivity index (χ3n) is 5.98. The first kappa shape index (κ1) is 16.8. The van der Waals surface area contributed by atoms with E-state index in [0.717, 1.165) is 5.69 Å². The molecule has 0 saturated carbocycles. The molecule has 136 valence electrons. The molecule has 0 spiro atoms. The van der Waals surface area contributed by atoms with E-state index in [1.165, 1.54) is 44.5 Å². The summed E-state index contributed by atoms with van der Waals surface area (Å²) in [5, 5.41) is 0. The fraction of sp³-hybridized carbons (Fsp3) is 0.111. The van der Waals surface area contributed by atoms with Crippen molar-refractivity contribution in [1.82, 2.24) is 0 Å². The van der Waals surface area contributed by atoms with Crippen molar-refractivity contribution in [3.8, 4) is 33.4 Å². The highest BCUT2D eigenvalue weighted by atomic mass is 14.6. The molecule has 4 aromatic carbocycles. The summed E-state index contributed by atoms with van der Waals surface area (Å²) < 4.78 is 0. The standard InChI is InChI=1S/C27H23N/c1-27(2)24-17-20(28)13-14-22(24)23-16-15-21(18-9-5-3-6-10-18)25(26(23)27)19-11-7-4-8-12-19/h3-17H,28H2,1-2H3. The van der Waals surface area contributed by atoms with Gasteiger partial charge in [-0.15, -0.1) is 0 Å². The van der Waals surface area contributed by atoms with Crippen LogP contribution in [0.5, 0.6) is 0 Å². The normalized spacial score (nSPS) is 13.8. The van der Waals surface area contributed by atoms with Gasteiger partial charge in [-0.1, -0.05) is 92.7 Å². The topological polar surface area (TPSA) is 26.0 Å². The quantitative estimate of drug-likeness (QED) is 0.386. The van der Waals surface area contributed by atoms with E-state index < -0.39 is 0 Å². The Morgan fingerprint density at radius 2 is 1.18 bits per heavy atom. The highest BCUT2D eigenvalue weighted by Crippen LogP contribution is 2.54. The second-order valence-electron chi connectivity index (χ2n) is 8.07. The zero-order valence-electron chi connectivity index (χ0n) is 16.2. The maximum absolute atomic E-state index is 6.16. The van der Waals surface area contributed by atoms with Gasteiger partial charge in [0.25, 0.3) is 0 Å². The lowest BCUT2D eigenvalue weighted by molar-refractivity contribution is 0.662. The average Bonchev–Trinajstić information content (AvgIpc) is 2.95. The van der Waals surface area contributed by atoms with Crippen LogP contribution in [0.2, 0.25) is 0 Å². The molecule has 0 aromatic heterocycles. The van der Waals surface area contributed by atoms with Gasteiger partial charge in [-0.25, -0.2) is 0 Å². The summed E-state index contributed by atoms with van der Waals surface area (Å²) in [5.41, 5.74) is 17.3. The Bertz CT molecular complexity index is 1170. The van der Waals surface area contributed by atoms with E-state index in [-0.39, 0.29) is 5.41 Å². The van der Waals surface area contributed by atoms with Crippen LogP contribution in [0.3, 0.4) is 0 Å². The minimum absolute atomic E-state index is 0.115. The van der Waals surface area contributed by atoms with Crippen molar-refractivity contribution in [1.29, 1.82) is 0 Å². The van der Waals surface area contributed by atoms with Gasteiger partial charge >= 0.3 is 0 Å². The van der Waals surface area contributed by atoms with Crippen LogP contribution in [-0.4, -0.2) is 0 Å². The molecule has 2 N–H and O–H groups in total. The number of benzene rings is 4. The van der Waals surface area contributed by atoms with Crippen LogP contribution < -0.4 is 5.73 Å². The maximum atomic E-state index is 6.16. The fourth-order valence-corrected chi connectivity index (χ4v) is 4.69. The van der Waals surface area contributed by atoms with E-state index in [9.17, 15) is 0 Å². The highest BCUT2D eigenvalue weighted by molar-refractivity contribution is 5.96. The zero-order valence-corrected chi connectivity index (χ0v) is 16.2. The summed E-state index contributed by atoms with van der Waals surface area (Å²) in [4.78, 5) is 0. The van der Waals surface area contributed by atoms with E-state index in [1.54, 1.807) is 0 Å². The number of nitrogens with two attached hydrogens (primary N) is 1. The van der Waals surface area contributed by atoms with Gasteiger partial charge in [0.05, 0.1) is 0 Å². The molecule has 0 saturated heterocycles. The predicted octanol–water partition coefficient (Wildman–Crippen LogP) is 6.91. The molecule has 0 unspecified atom stereocenters. The zero-order chi connectivity index (χ0) is 19.3. The Balaban J connectivity index is 1.89. The molecule has 0 amide bonds. The van der Waals surface area contributed by atoms with Gasteiger partial charge in [0.15, 0.2) is 0 Å². The first-order valence-corrected chi connectivity index (χ1v) is 9.76. The number of anilines is 1. The molecule has 0 heterocycles. The molecule has 4 aromatic rings. The second kappa shape index (κ2) is 6.10. The first-order chi connectivity index (χ1) is 13.6. The Morgan fingerprint density at radius 3 is 1.86 bits per heavy atom. The summed E-state index contributed by atoms with van der Waals surface area (Å²) in [7, 11) is 0. The molecule has 0 bridgehead atoms. The molecule has 1 nitrogen and oxygen atoms in total. The largest absolute Gasteiger partial charge is 0.399 e. The minimum atomic E-state index is -0.115. The number of nitrogen functional groups attached to an aromatic ring is 1. The first-order valence-electron chi connectivity index (χ1n) is 9.76. The molecule has 1 heteroatoms. The van der Waals surface area contributed by atoms with Gasteiger partial charge in [0, 0.05) is 11.1 Å². The highest BCUT2D eigenvalue weighted by Gasteiger charge is 2.38. The lowest BCUT2D eigenvalue weighted by Crippen LogP contribution is -2.17. The van der Waals surface area contributed by atoms with Crippen molar-refractivity contribution in [3.05, 3.63) is 102 Å². The molecule has 0 aliphatic heterocycles. The fourth-order valence-electron chi connectivity index (χ4n) is 4.69. The van der Waals surface area contributed by atoms with Crippen LogP contribution in [0.4, 0.5) is 5.69 Å². The van der Waals surface area contributed by atoms with Crippen LogP contribution >= 0.6 is 0 Å². The van der Waals surface area contributed by atoms with Crippen molar-refractivity contribution < 1.29 is 0 Å². The number of rotatable bonds is 2. The van der Waals surface area contributed by atoms with Gasteiger partial charge in [-0.3, -0.25) is 0 Å². The number of fused-ring (bicyclic) bond motifs is 3. The van der Waals surface area contributed by atoms with Gasteiger partial charge in [-0.05, 0) is 56.6 Å². The summed E-state index contributed by atoms with van der Waals surface area (Å²) in [6.07, 6.45) is 0. The van der Waals surface area contributed by atoms with Crippen molar-refractivity contribution in [2.45, 2.75) is 19.3 Å².